The third-order valence-electron chi connectivity index (χ3n) is 2.81. The lowest BCUT2D eigenvalue weighted by Gasteiger charge is -2.15. The van der Waals surface area contributed by atoms with E-state index in [-0.39, 0.29) is 5.75 Å². The van der Waals surface area contributed by atoms with Crippen LogP contribution in [0.15, 0.2) is 24.4 Å². The molecule has 2 rings (SSSR count). The molecular formula is C12H15NO2S. The van der Waals surface area contributed by atoms with Gasteiger partial charge in [-0.2, -0.15) is 12.6 Å². The third-order valence-corrected chi connectivity index (χ3v) is 3.19. The molecule has 0 bridgehead atoms. The molecule has 86 valence electrons. The van der Waals surface area contributed by atoms with Crippen molar-refractivity contribution in [3.63, 3.8) is 0 Å². The van der Waals surface area contributed by atoms with E-state index in [0.29, 0.717) is 0 Å². The van der Waals surface area contributed by atoms with E-state index in [4.69, 9.17) is 0 Å². The summed E-state index contributed by atoms with van der Waals surface area (Å²) in [4.78, 5) is 3.09. The largest absolute Gasteiger partial charge is 0.389 e. The number of aliphatic hydroxyl groups is 2. The summed E-state index contributed by atoms with van der Waals surface area (Å²) in [6.07, 6.45) is 0.00363. The molecule has 1 heterocycles. The normalized spacial score (nSPS) is 15.2. The van der Waals surface area contributed by atoms with Crippen molar-refractivity contribution in [3.8, 4) is 0 Å². The number of fused-ring (bicyclic) bond motifs is 1. The molecule has 0 fully saturated rings. The molecule has 1 aromatic heterocycles. The monoisotopic (exact) mass is 237 g/mol. The Morgan fingerprint density at radius 3 is 2.81 bits per heavy atom. The first kappa shape index (κ1) is 11.5. The van der Waals surface area contributed by atoms with Crippen LogP contribution in [0.4, 0.5) is 0 Å². The third kappa shape index (κ3) is 1.84. The van der Waals surface area contributed by atoms with Crippen LogP contribution in [0.5, 0.6) is 0 Å². The van der Waals surface area contributed by atoms with Crippen LogP contribution in [0.3, 0.4) is 0 Å². The summed E-state index contributed by atoms with van der Waals surface area (Å²) in [5, 5.41) is 20.6. The van der Waals surface area contributed by atoms with E-state index in [0.717, 1.165) is 22.0 Å². The summed E-state index contributed by atoms with van der Waals surface area (Å²) >= 11 is 3.99. The molecular weight excluding hydrogens is 222 g/mol. The van der Waals surface area contributed by atoms with E-state index in [9.17, 15) is 10.2 Å². The van der Waals surface area contributed by atoms with Crippen molar-refractivity contribution in [2.45, 2.75) is 19.1 Å². The highest BCUT2D eigenvalue weighted by atomic mass is 32.1. The first-order valence-electron chi connectivity index (χ1n) is 5.18. The predicted molar refractivity (Wildman–Crippen MR) is 67.9 cm³/mol. The number of H-pyrrole nitrogens is 1. The first-order chi connectivity index (χ1) is 7.65. The van der Waals surface area contributed by atoms with Gasteiger partial charge in [0, 0.05) is 28.4 Å². The molecule has 0 radical (unpaired) electrons. The lowest BCUT2D eigenvalue weighted by atomic mass is 10.0. The molecule has 3 nitrogen and oxygen atoms in total. The fraction of sp³-hybridized carbons (Fsp3) is 0.333. The van der Waals surface area contributed by atoms with E-state index in [1.54, 1.807) is 6.20 Å². The molecule has 0 saturated carbocycles. The van der Waals surface area contributed by atoms with Crippen LogP contribution in [0.2, 0.25) is 0 Å². The van der Waals surface area contributed by atoms with Gasteiger partial charge in [0.25, 0.3) is 0 Å². The zero-order valence-electron chi connectivity index (χ0n) is 9.01. The fourth-order valence-electron chi connectivity index (χ4n) is 1.94. The number of hydrogen-bond donors (Lipinski definition) is 4. The summed E-state index contributed by atoms with van der Waals surface area (Å²) in [6.45, 7) is 1.99. The minimum atomic E-state index is -0.896. The van der Waals surface area contributed by atoms with E-state index in [1.807, 2.05) is 25.1 Å². The summed E-state index contributed by atoms with van der Waals surface area (Å²) < 4.78 is 0. The maximum atomic E-state index is 9.98. The number of aryl methyl sites for hydroxylation is 1. The Labute approximate surface area is 99.5 Å². The lowest BCUT2D eigenvalue weighted by molar-refractivity contribution is 0.0347. The summed E-state index contributed by atoms with van der Waals surface area (Å²) in [5.41, 5.74) is 2.79. The average molecular weight is 237 g/mol. The molecule has 2 aromatic rings. The zero-order valence-corrected chi connectivity index (χ0v) is 9.91. The number of aromatic nitrogens is 1. The minimum absolute atomic E-state index is 0.236. The van der Waals surface area contributed by atoms with Gasteiger partial charge >= 0.3 is 0 Å². The number of benzene rings is 1. The van der Waals surface area contributed by atoms with Gasteiger partial charge in [0.05, 0.1) is 6.10 Å². The molecule has 0 spiro atoms. The van der Waals surface area contributed by atoms with E-state index in [2.05, 4.69) is 17.6 Å². The van der Waals surface area contributed by atoms with Crippen LogP contribution in [-0.2, 0) is 0 Å². The molecule has 0 aliphatic heterocycles. The van der Waals surface area contributed by atoms with Gasteiger partial charge in [0.2, 0.25) is 0 Å². The Bertz CT molecular complexity index is 495. The molecule has 0 amide bonds. The Hall–Kier alpha value is -0.970. The van der Waals surface area contributed by atoms with Crippen molar-refractivity contribution in [2.24, 2.45) is 0 Å². The van der Waals surface area contributed by atoms with Crippen LogP contribution in [0.1, 0.15) is 17.2 Å². The van der Waals surface area contributed by atoms with Gasteiger partial charge in [-0.05, 0) is 18.6 Å². The number of rotatable bonds is 3. The molecule has 2 atom stereocenters. The molecule has 2 unspecified atom stereocenters. The van der Waals surface area contributed by atoms with Crippen LogP contribution >= 0.6 is 12.6 Å². The fourth-order valence-corrected chi connectivity index (χ4v) is 2.14. The minimum Gasteiger partial charge on any atom is -0.389 e. The Morgan fingerprint density at radius 1 is 1.38 bits per heavy atom. The summed E-state index contributed by atoms with van der Waals surface area (Å²) in [7, 11) is 0. The smallest absolute Gasteiger partial charge is 0.108 e. The number of hydrogen-bond acceptors (Lipinski definition) is 3. The van der Waals surface area contributed by atoms with Crippen molar-refractivity contribution in [1.29, 1.82) is 0 Å². The van der Waals surface area contributed by atoms with Gasteiger partial charge in [-0.3, -0.25) is 0 Å². The Kier molecular flexibility index (Phi) is 3.23. The maximum Gasteiger partial charge on any atom is 0.108 e. The van der Waals surface area contributed by atoms with Gasteiger partial charge in [0.1, 0.15) is 6.10 Å². The molecule has 4 heteroatoms. The van der Waals surface area contributed by atoms with Gasteiger partial charge in [-0.1, -0.05) is 12.1 Å². The number of thiol groups is 1. The second kappa shape index (κ2) is 4.49. The predicted octanol–water partition coefficient (Wildman–Crippen LogP) is 1.80. The molecule has 0 saturated heterocycles. The van der Waals surface area contributed by atoms with Crippen LogP contribution in [0.25, 0.3) is 10.9 Å². The number of aliphatic hydroxyl groups excluding tert-OH is 2. The summed E-state index contributed by atoms with van der Waals surface area (Å²) in [5.74, 6) is 0.236. The number of nitrogens with one attached hydrogen (secondary N) is 1. The van der Waals surface area contributed by atoms with Gasteiger partial charge in [0.15, 0.2) is 0 Å². The average Bonchev–Trinajstić information content (AvgIpc) is 2.72. The van der Waals surface area contributed by atoms with E-state index in [1.165, 1.54) is 0 Å². The van der Waals surface area contributed by atoms with E-state index >= 15 is 0 Å². The Balaban J connectivity index is 2.53. The Morgan fingerprint density at radius 2 is 2.12 bits per heavy atom. The van der Waals surface area contributed by atoms with Crippen molar-refractivity contribution in [3.05, 3.63) is 35.5 Å². The maximum absolute atomic E-state index is 9.98. The van der Waals surface area contributed by atoms with Crippen LogP contribution in [0, 0.1) is 6.92 Å². The second-order valence-electron chi connectivity index (χ2n) is 3.94. The van der Waals surface area contributed by atoms with Gasteiger partial charge < -0.3 is 15.2 Å². The zero-order chi connectivity index (χ0) is 11.7. The molecule has 3 N–H and O–H groups in total. The van der Waals surface area contributed by atoms with Crippen molar-refractivity contribution >= 4 is 23.5 Å². The summed E-state index contributed by atoms with van der Waals surface area (Å²) in [6, 6.07) is 5.89. The van der Waals surface area contributed by atoms with Crippen molar-refractivity contribution < 1.29 is 10.2 Å². The SMILES string of the molecule is Cc1cccc2[nH]cc(C(O)C(O)CS)c12. The highest BCUT2D eigenvalue weighted by molar-refractivity contribution is 7.80. The highest BCUT2D eigenvalue weighted by Crippen LogP contribution is 2.28. The van der Waals surface area contributed by atoms with E-state index < -0.39 is 12.2 Å². The number of aromatic amines is 1. The topological polar surface area (TPSA) is 56.2 Å². The van der Waals surface area contributed by atoms with Gasteiger partial charge in [-0.15, -0.1) is 0 Å². The second-order valence-corrected chi connectivity index (χ2v) is 4.30. The van der Waals surface area contributed by atoms with Crippen LogP contribution < -0.4 is 0 Å². The van der Waals surface area contributed by atoms with Crippen LogP contribution in [-0.4, -0.2) is 27.1 Å². The van der Waals surface area contributed by atoms with Gasteiger partial charge in [-0.25, -0.2) is 0 Å². The molecule has 16 heavy (non-hydrogen) atoms. The molecule has 1 aromatic carbocycles. The molecule has 0 aliphatic carbocycles. The lowest BCUT2D eigenvalue weighted by Crippen LogP contribution is -2.19. The van der Waals surface area contributed by atoms with Crippen molar-refractivity contribution in [2.75, 3.05) is 5.75 Å². The quantitative estimate of drug-likeness (QED) is 0.615. The highest BCUT2D eigenvalue weighted by Gasteiger charge is 2.20. The van der Waals surface area contributed by atoms with Crippen molar-refractivity contribution in [1.82, 2.24) is 4.98 Å². The first-order valence-corrected chi connectivity index (χ1v) is 5.82. The standard InChI is InChI=1S/C12H15NO2S/c1-7-3-2-4-9-11(7)8(5-13-9)12(15)10(14)6-16/h2-5,10,12-16H,6H2,1H3. The molecule has 0 aliphatic rings.